The van der Waals surface area contributed by atoms with Gasteiger partial charge in [0.2, 0.25) is 0 Å². The molecule has 0 aliphatic carbocycles. The maximum atomic E-state index is 11.3. The third-order valence-corrected chi connectivity index (χ3v) is 3.75. The van der Waals surface area contributed by atoms with Crippen LogP contribution in [-0.2, 0) is 4.79 Å². The Labute approximate surface area is 85.2 Å². The molecule has 1 aliphatic rings. The van der Waals surface area contributed by atoms with E-state index in [4.69, 9.17) is 0 Å². The Kier molecular flexibility index (Phi) is 3.80. The van der Waals surface area contributed by atoms with Gasteiger partial charge in [-0.25, -0.2) is 4.31 Å². The molecule has 0 aromatic heterocycles. The van der Waals surface area contributed by atoms with E-state index in [1.165, 1.54) is 18.6 Å². The zero-order chi connectivity index (χ0) is 9.90. The lowest BCUT2D eigenvalue weighted by atomic mass is 9.89. The largest absolute Gasteiger partial charge is 0.299 e. The molecule has 13 heavy (non-hydrogen) atoms. The summed E-state index contributed by atoms with van der Waals surface area (Å²) in [4.78, 5) is 11.3. The van der Waals surface area contributed by atoms with Gasteiger partial charge in [0.25, 0.3) is 0 Å². The summed E-state index contributed by atoms with van der Waals surface area (Å²) in [6.07, 6.45) is 2.60. The molecule has 1 saturated heterocycles. The van der Waals surface area contributed by atoms with Crippen molar-refractivity contribution in [2.45, 2.75) is 33.6 Å². The van der Waals surface area contributed by atoms with Crippen LogP contribution >= 0.6 is 11.9 Å². The second-order valence-corrected chi connectivity index (χ2v) is 5.53. The lowest BCUT2D eigenvalue weighted by Gasteiger charge is -2.32. The molecular formula is C10H19NOS. The number of Topliss-reactive ketones (excluding diaryl/α,β-unsaturated/α-hetero) is 1. The summed E-state index contributed by atoms with van der Waals surface area (Å²) in [7, 11) is 0. The van der Waals surface area contributed by atoms with E-state index < -0.39 is 0 Å². The highest BCUT2D eigenvalue weighted by atomic mass is 32.2. The van der Waals surface area contributed by atoms with Crippen molar-refractivity contribution in [1.29, 1.82) is 0 Å². The van der Waals surface area contributed by atoms with Crippen molar-refractivity contribution in [3.05, 3.63) is 0 Å². The fraction of sp³-hybridized carbons (Fsp3) is 0.900. The van der Waals surface area contributed by atoms with Gasteiger partial charge in [0, 0.05) is 24.3 Å². The van der Waals surface area contributed by atoms with E-state index in [9.17, 15) is 4.79 Å². The van der Waals surface area contributed by atoms with Crippen molar-refractivity contribution in [3.8, 4) is 0 Å². The number of ketones is 1. The molecule has 0 aromatic carbocycles. The van der Waals surface area contributed by atoms with E-state index in [1.54, 1.807) is 6.92 Å². The lowest BCUT2D eigenvalue weighted by Crippen LogP contribution is -2.36. The zero-order valence-electron chi connectivity index (χ0n) is 8.80. The Morgan fingerprint density at radius 3 is 2.62 bits per heavy atom. The molecule has 0 amide bonds. The van der Waals surface area contributed by atoms with Gasteiger partial charge in [0.05, 0.1) is 0 Å². The topological polar surface area (TPSA) is 20.3 Å². The normalized spacial score (nSPS) is 20.2. The van der Waals surface area contributed by atoms with E-state index in [2.05, 4.69) is 4.31 Å². The monoisotopic (exact) mass is 201 g/mol. The van der Waals surface area contributed by atoms with Gasteiger partial charge in [-0.3, -0.25) is 4.79 Å². The third-order valence-electron chi connectivity index (χ3n) is 2.60. The van der Waals surface area contributed by atoms with Crippen molar-refractivity contribution < 1.29 is 4.79 Å². The zero-order valence-corrected chi connectivity index (χ0v) is 9.62. The van der Waals surface area contributed by atoms with Gasteiger partial charge in [-0.05, 0) is 19.8 Å². The van der Waals surface area contributed by atoms with E-state index in [-0.39, 0.29) is 5.41 Å². The van der Waals surface area contributed by atoms with E-state index in [0.29, 0.717) is 5.78 Å². The average molecular weight is 201 g/mol. The molecular weight excluding hydrogens is 182 g/mol. The van der Waals surface area contributed by atoms with Crippen molar-refractivity contribution >= 4 is 17.7 Å². The van der Waals surface area contributed by atoms with Crippen LogP contribution < -0.4 is 0 Å². The van der Waals surface area contributed by atoms with Crippen molar-refractivity contribution in [1.82, 2.24) is 4.31 Å². The fourth-order valence-electron chi connectivity index (χ4n) is 1.33. The number of carbonyl (C=O) groups excluding carboxylic acids is 1. The summed E-state index contributed by atoms with van der Waals surface area (Å²) in [5.74, 6) is 1.51. The minimum absolute atomic E-state index is 0.176. The summed E-state index contributed by atoms with van der Waals surface area (Å²) >= 11 is 1.89. The molecule has 1 heterocycles. The molecule has 0 N–H and O–H groups in total. The van der Waals surface area contributed by atoms with Crippen LogP contribution in [0.25, 0.3) is 0 Å². The summed E-state index contributed by atoms with van der Waals surface area (Å²) in [6, 6.07) is 0. The number of hydrogen-bond acceptors (Lipinski definition) is 3. The second kappa shape index (κ2) is 4.47. The van der Waals surface area contributed by atoms with Crippen LogP contribution in [0.4, 0.5) is 0 Å². The third kappa shape index (κ3) is 3.31. The molecule has 76 valence electrons. The molecule has 0 spiro atoms. The van der Waals surface area contributed by atoms with Gasteiger partial charge in [-0.2, -0.15) is 0 Å². The van der Waals surface area contributed by atoms with Crippen LogP contribution in [0.15, 0.2) is 0 Å². The van der Waals surface area contributed by atoms with E-state index in [0.717, 1.165) is 13.1 Å². The fourth-order valence-corrected chi connectivity index (χ4v) is 2.59. The van der Waals surface area contributed by atoms with Gasteiger partial charge < -0.3 is 0 Å². The van der Waals surface area contributed by atoms with Gasteiger partial charge in [0.1, 0.15) is 5.78 Å². The summed E-state index contributed by atoms with van der Waals surface area (Å²) < 4.78 is 2.34. The Morgan fingerprint density at radius 1 is 1.46 bits per heavy atom. The lowest BCUT2D eigenvalue weighted by molar-refractivity contribution is -0.125. The van der Waals surface area contributed by atoms with Gasteiger partial charge in [-0.1, -0.05) is 25.8 Å². The first-order chi connectivity index (χ1) is 6.02. The van der Waals surface area contributed by atoms with E-state index >= 15 is 0 Å². The standard InChI is InChI=1S/C10H19NOS/c1-9(12)10(2,3)8-11-6-4-5-7-13-11/h4-8H2,1-3H3. The van der Waals surface area contributed by atoms with Crippen molar-refractivity contribution in [3.63, 3.8) is 0 Å². The van der Waals surface area contributed by atoms with Crippen molar-refractivity contribution in [2.24, 2.45) is 5.41 Å². The molecule has 0 unspecified atom stereocenters. The molecule has 1 fully saturated rings. The first kappa shape index (κ1) is 11.1. The summed E-state index contributed by atoms with van der Waals surface area (Å²) in [5, 5.41) is 0. The van der Waals surface area contributed by atoms with Gasteiger partial charge in [0.15, 0.2) is 0 Å². The molecule has 2 nitrogen and oxygen atoms in total. The first-order valence-electron chi connectivity index (χ1n) is 4.91. The second-order valence-electron chi connectivity index (χ2n) is 4.34. The van der Waals surface area contributed by atoms with Crippen LogP contribution in [-0.4, -0.2) is 28.9 Å². The molecule has 1 rings (SSSR count). The molecule has 0 saturated carbocycles. The highest BCUT2D eigenvalue weighted by Crippen LogP contribution is 2.26. The summed E-state index contributed by atoms with van der Waals surface area (Å²) in [5.41, 5.74) is -0.176. The molecule has 3 heteroatoms. The van der Waals surface area contributed by atoms with Crippen LogP contribution in [0, 0.1) is 5.41 Å². The smallest absolute Gasteiger partial charge is 0.136 e. The average Bonchev–Trinajstić information content (AvgIpc) is 2.05. The molecule has 0 radical (unpaired) electrons. The predicted octanol–water partition coefficient (Wildman–Crippen LogP) is 2.35. The molecule has 1 aliphatic heterocycles. The maximum absolute atomic E-state index is 11.3. The predicted molar refractivity (Wildman–Crippen MR) is 57.7 cm³/mol. The first-order valence-corrected chi connectivity index (χ1v) is 5.85. The maximum Gasteiger partial charge on any atom is 0.136 e. The van der Waals surface area contributed by atoms with E-state index in [1.807, 2.05) is 25.8 Å². The Hall–Kier alpha value is -0.0200. The number of hydrogen-bond donors (Lipinski definition) is 0. The molecule has 0 atom stereocenters. The number of carbonyl (C=O) groups is 1. The highest BCUT2D eigenvalue weighted by molar-refractivity contribution is 7.97. The van der Waals surface area contributed by atoms with Crippen molar-refractivity contribution in [2.75, 3.05) is 18.8 Å². The number of rotatable bonds is 3. The van der Waals surface area contributed by atoms with Gasteiger partial charge in [-0.15, -0.1) is 0 Å². The summed E-state index contributed by atoms with van der Waals surface area (Å²) in [6.45, 7) is 7.79. The van der Waals surface area contributed by atoms with Crippen LogP contribution in [0.5, 0.6) is 0 Å². The quantitative estimate of drug-likeness (QED) is 0.654. The van der Waals surface area contributed by atoms with Crippen LogP contribution in [0.1, 0.15) is 33.6 Å². The van der Waals surface area contributed by atoms with Crippen LogP contribution in [0.3, 0.4) is 0 Å². The SMILES string of the molecule is CC(=O)C(C)(C)CN1CCCCS1. The Balaban J connectivity index is 2.41. The van der Waals surface area contributed by atoms with Crippen LogP contribution in [0.2, 0.25) is 0 Å². The number of nitrogens with zero attached hydrogens (tertiary/aromatic N) is 1. The highest BCUT2D eigenvalue weighted by Gasteiger charge is 2.27. The minimum Gasteiger partial charge on any atom is -0.299 e. The molecule has 0 bridgehead atoms. The van der Waals surface area contributed by atoms with Gasteiger partial charge >= 0.3 is 0 Å². The minimum atomic E-state index is -0.176. The Bertz CT molecular complexity index is 185. The molecule has 0 aromatic rings. The Morgan fingerprint density at radius 2 is 2.15 bits per heavy atom.